The number of carbonyl (C=O) groups is 1. The van der Waals surface area contributed by atoms with Crippen molar-refractivity contribution in [1.82, 2.24) is 4.90 Å². The van der Waals surface area contributed by atoms with Gasteiger partial charge in [-0.3, -0.25) is 4.79 Å². The van der Waals surface area contributed by atoms with E-state index in [0.29, 0.717) is 41.8 Å². The van der Waals surface area contributed by atoms with Crippen molar-refractivity contribution in [2.75, 3.05) is 33.9 Å². The lowest BCUT2D eigenvalue weighted by molar-refractivity contribution is -0.132. The Labute approximate surface area is 206 Å². The van der Waals surface area contributed by atoms with Gasteiger partial charge in [0.1, 0.15) is 5.75 Å². The Hall–Kier alpha value is -3.44. The van der Waals surface area contributed by atoms with Crippen LogP contribution < -0.4 is 14.2 Å². The van der Waals surface area contributed by atoms with Crippen molar-refractivity contribution in [2.45, 2.75) is 13.3 Å². The molecule has 0 unspecified atom stereocenters. The SMILES string of the molecule is COc1ccc(CCN(C/C(C)=C/c2ccccc2)C(=O)COc2ccc(Cl)cc2)cc1OC. The molecule has 0 spiro atoms. The summed E-state index contributed by atoms with van der Waals surface area (Å²) >= 11 is 5.93. The molecule has 1 amide bonds. The van der Waals surface area contributed by atoms with Crippen LogP contribution in [0.4, 0.5) is 0 Å². The molecule has 34 heavy (non-hydrogen) atoms. The van der Waals surface area contributed by atoms with Crippen LogP contribution in [0, 0.1) is 0 Å². The zero-order valence-electron chi connectivity index (χ0n) is 19.8. The van der Waals surface area contributed by atoms with E-state index in [2.05, 4.69) is 6.08 Å². The van der Waals surface area contributed by atoms with E-state index in [1.165, 1.54) is 0 Å². The van der Waals surface area contributed by atoms with Crippen LogP contribution in [0.1, 0.15) is 18.1 Å². The Morgan fingerprint density at radius 3 is 2.32 bits per heavy atom. The van der Waals surface area contributed by atoms with Crippen LogP contribution in [0.15, 0.2) is 78.4 Å². The fourth-order valence-corrected chi connectivity index (χ4v) is 3.67. The number of rotatable bonds is 11. The molecule has 5 nitrogen and oxygen atoms in total. The number of carbonyl (C=O) groups excluding carboxylic acids is 1. The average Bonchev–Trinajstić information content (AvgIpc) is 2.86. The normalized spacial score (nSPS) is 11.1. The van der Waals surface area contributed by atoms with Crippen LogP contribution in [0.2, 0.25) is 5.02 Å². The highest BCUT2D eigenvalue weighted by atomic mass is 35.5. The maximum atomic E-state index is 13.1. The van der Waals surface area contributed by atoms with Crippen LogP contribution in [-0.2, 0) is 11.2 Å². The molecule has 3 rings (SSSR count). The first kappa shape index (κ1) is 25.2. The van der Waals surface area contributed by atoms with Crippen molar-refractivity contribution >= 4 is 23.6 Å². The molecule has 0 aliphatic rings. The Balaban J connectivity index is 1.71. The van der Waals surface area contributed by atoms with Gasteiger partial charge in [0.15, 0.2) is 18.1 Å². The molecule has 3 aromatic carbocycles. The molecular formula is C28H30ClNO4. The summed E-state index contributed by atoms with van der Waals surface area (Å²) in [6, 6.07) is 22.9. The van der Waals surface area contributed by atoms with Gasteiger partial charge in [0.25, 0.3) is 5.91 Å². The molecule has 178 valence electrons. The van der Waals surface area contributed by atoms with E-state index in [9.17, 15) is 4.79 Å². The highest BCUT2D eigenvalue weighted by Gasteiger charge is 2.16. The van der Waals surface area contributed by atoms with Crippen LogP contribution in [0.25, 0.3) is 6.08 Å². The Bertz CT molecular complexity index is 1100. The van der Waals surface area contributed by atoms with E-state index in [0.717, 1.165) is 16.7 Å². The van der Waals surface area contributed by atoms with Crippen LogP contribution in [-0.4, -0.2) is 44.7 Å². The summed E-state index contributed by atoms with van der Waals surface area (Å²) in [7, 11) is 3.23. The Morgan fingerprint density at radius 1 is 0.941 bits per heavy atom. The summed E-state index contributed by atoms with van der Waals surface area (Å²) in [6.45, 7) is 3.03. The minimum Gasteiger partial charge on any atom is -0.493 e. The molecule has 0 aliphatic heterocycles. The number of halogens is 1. The highest BCUT2D eigenvalue weighted by Crippen LogP contribution is 2.27. The van der Waals surface area contributed by atoms with Gasteiger partial charge in [-0.05, 0) is 60.9 Å². The average molecular weight is 480 g/mol. The van der Waals surface area contributed by atoms with Crippen molar-refractivity contribution in [3.05, 3.63) is 94.5 Å². The maximum absolute atomic E-state index is 13.1. The molecular weight excluding hydrogens is 450 g/mol. The molecule has 0 atom stereocenters. The van der Waals surface area contributed by atoms with E-state index in [1.807, 2.05) is 60.4 Å². The van der Waals surface area contributed by atoms with Crippen molar-refractivity contribution in [2.24, 2.45) is 0 Å². The third-order valence-corrected chi connectivity index (χ3v) is 5.55. The van der Waals surface area contributed by atoms with E-state index in [-0.39, 0.29) is 12.5 Å². The first-order valence-corrected chi connectivity index (χ1v) is 11.5. The molecule has 0 aromatic heterocycles. The van der Waals surface area contributed by atoms with Crippen LogP contribution >= 0.6 is 11.6 Å². The second-order valence-corrected chi connectivity index (χ2v) is 8.34. The highest BCUT2D eigenvalue weighted by molar-refractivity contribution is 6.30. The minimum absolute atomic E-state index is 0.0494. The third kappa shape index (κ3) is 7.56. The standard InChI is InChI=1S/C28H30ClNO4/c1-21(17-22-7-5-4-6-8-22)19-30(28(31)20-34-25-12-10-24(29)11-13-25)16-15-23-9-14-26(32-2)27(18-23)33-3/h4-14,17-18H,15-16,19-20H2,1-3H3/b21-17+. The van der Waals surface area contributed by atoms with Crippen molar-refractivity contribution in [3.63, 3.8) is 0 Å². The summed E-state index contributed by atoms with van der Waals surface area (Å²) in [5, 5.41) is 0.622. The molecule has 3 aromatic rings. The molecule has 0 radical (unpaired) electrons. The fraction of sp³-hybridized carbons (Fsp3) is 0.250. The lowest BCUT2D eigenvalue weighted by Gasteiger charge is -2.24. The zero-order valence-corrected chi connectivity index (χ0v) is 20.5. The number of benzene rings is 3. The molecule has 6 heteroatoms. The predicted octanol–water partition coefficient (Wildman–Crippen LogP) is 5.91. The number of methoxy groups -OCH3 is 2. The molecule has 0 fully saturated rings. The summed E-state index contributed by atoms with van der Waals surface area (Å²) in [5.41, 5.74) is 3.24. The minimum atomic E-state index is -0.0868. The van der Waals surface area contributed by atoms with Gasteiger partial charge in [-0.25, -0.2) is 0 Å². The van der Waals surface area contributed by atoms with Gasteiger partial charge in [-0.15, -0.1) is 0 Å². The van der Waals surface area contributed by atoms with Gasteiger partial charge in [0.05, 0.1) is 14.2 Å². The summed E-state index contributed by atoms with van der Waals surface area (Å²) in [6.07, 6.45) is 2.77. The monoisotopic (exact) mass is 479 g/mol. The van der Waals surface area contributed by atoms with E-state index in [1.54, 1.807) is 38.5 Å². The first-order chi connectivity index (χ1) is 16.5. The number of amides is 1. The van der Waals surface area contributed by atoms with Gasteiger partial charge in [-0.2, -0.15) is 0 Å². The topological polar surface area (TPSA) is 48.0 Å². The molecule has 0 heterocycles. The van der Waals surface area contributed by atoms with E-state index >= 15 is 0 Å². The summed E-state index contributed by atoms with van der Waals surface area (Å²) in [5.74, 6) is 1.87. The zero-order chi connectivity index (χ0) is 24.3. The lowest BCUT2D eigenvalue weighted by Crippen LogP contribution is -2.37. The quantitative estimate of drug-likeness (QED) is 0.343. The number of hydrogen-bond acceptors (Lipinski definition) is 4. The van der Waals surface area contributed by atoms with Crippen molar-refractivity contribution < 1.29 is 19.0 Å². The maximum Gasteiger partial charge on any atom is 0.260 e. The van der Waals surface area contributed by atoms with Crippen LogP contribution in [0.5, 0.6) is 17.2 Å². The molecule has 0 bridgehead atoms. The molecule has 0 saturated carbocycles. The summed E-state index contributed by atoms with van der Waals surface area (Å²) in [4.78, 5) is 14.9. The Kier molecular flexibility index (Phi) is 9.41. The number of ether oxygens (including phenoxy) is 3. The smallest absolute Gasteiger partial charge is 0.260 e. The van der Waals surface area contributed by atoms with Crippen molar-refractivity contribution in [3.8, 4) is 17.2 Å². The van der Waals surface area contributed by atoms with Crippen LogP contribution in [0.3, 0.4) is 0 Å². The van der Waals surface area contributed by atoms with Crippen molar-refractivity contribution in [1.29, 1.82) is 0 Å². The second-order valence-electron chi connectivity index (χ2n) is 7.90. The van der Waals surface area contributed by atoms with Gasteiger partial charge < -0.3 is 19.1 Å². The molecule has 0 saturated heterocycles. The van der Waals surface area contributed by atoms with Gasteiger partial charge in [0.2, 0.25) is 0 Å². The third-order valence-electron chi connectivity index (χ3n) is 5.30. The number of hydrogen-bond donors (Lipinski definition) is 0. The molecule has 0 N–H and O–H groups in total. The van der Waals surface area contributed by atoms with E-state index in [4.69, 9.17) is 25.8 Å². The van der Waals surface area contributed by atoms with E-state index < -0.39 is 0 Å². The first-order valence-electron chi connectivity index (χ1n) is 11.1. The lowest BCUT2D eigenvalue weighted by atomic mass is 10.1. The Morgan fingerprint density at radius 2 is 1.65 bits per heavy atom. The molecule has 0 aliphatic carbocycles. The van der Waals surface area contributed by atoms with Gasteiger partial charge in [0, 0.05) is 18.1 Å². The second kappa shape index (κ2) is 12.7. The predicted molar refractivity (Wildman–Crippen MR) is 137 cm³/mol. The largest absolute Gasteiger partial charge is 0.493 e. The van der Waals surface area contributed by atoms with Gasteiger partial charge in [-0.1, -0.05) is 59.6 Å². The number of nitrogens with zero attached hydrogens (tertiary/aromatic N) is 1. The fourth-order valence-electron chi connectivity index (χ4n) is 3.54. The summed E-state index contributed by atoms with van der Waals surface area (Å²) < 4.78 is 16.5. The van der Waals surface area contributed by atoms with Gasteiger partial charge >= 0.3 is 0 Å².